The molecule has 0 unspecified atom stereocenters. The number of halogens is 1. The molecule has 0 aliphatic carbocycles. The van der Waals surface area contributed by atoms with Crippen molar-refractivity contribution < 1.29 is 12.8 Å². The minimum absolute atomic E-state index is 0.281. The number of hydrogen-bond acceptors (Lipinski definition) is 2. The summed E-state index contributed by atoms with van der Waals surface area (Å²) in [5.41, 5.74) is 2.45. The molecule has 0 bridgehead atoms. The summed E-state index contributed by atoms with van der Waals surface area (Å²) in [4.78, 5) is 0.281. The number of hydrogen-bond donors (Lipinski definition) is 0. The highest BCUT2D eigenvalue weighted by Crippen LogP contribution is 2.37. The van der Waals surface area contributed by atoms with E-state index < -0.39 is 16.1 Å². The van der Waals surface area contributed by atoms with Gasteiger partial charge in [0, 0.05) is 12.1 Å². The van der Waals surface area contributed by atoms with Gasteiger partial charge in [0.05, 0.1) is 10.9 Å². The molecule has 23 heavy (non-hydrogen) atoms. The highest BCUT2D eigenvalue weighted by atomic mass is 32.2. The monoisotopic (exact) mass is 333 g/mol. The van der Waals surface area contributed by atoms with Crippen LogP contribution in [0.15, 0.2) is 47.4 Å². The third kappa shape index (κ3) is 2.91. The maximum absolute atomic E-state index is 14.1. The summed E-state index contributed by atoms with van der Waals surface area (Å²) in [7, 11) is -3.63. The first-order chi connectivity index (χ1) is 10.9. The van der Waals surface area contributed by atoms with Crippen molar-refractivity contribution in [1.29, 1.82) is 0 Å². The van der Waals surface area contributed by atoms with Crippen LogP contribution in [0.3, 0.4) is 0 Å². The van der Waals surface area contributed by atoms with Crippen LogP contribution < -0.4 is 0 Å². The second-order valence-corrected chi connectivity index (χ2v) is 7.93. The van der Waals surface area contributed by atoms with E-state index in [4.69, 9.17) is 0 Å². The van der Waals surface area contributed by atoms with Gasteiger partial charge in [-0.15, -0.1) is 0 Å². The summed E-state index contributed by atoms with van der Waals surface area (Å²) in [6, 6.07) is 11.1. The number of nitrogens with zero attached hydrogens (tertiary/aromatic N) is 1. The second kappa shape index (κ2) is 6.06. The molecule has 1 fully saturated rings. The van der Waals surface area contributed by atoms with Crippen LogP contribution in [0.25, 0.3) is 0 Å². The summed E-state index contributed by atoms with van der Waals surface area (Å²) in [6.45, 7) is 4.27. The predicted molar refractivity (Wildman–Crippen MR) is 88.2 cm³/mol. The number of sulfonamides is 1. The maximum atomic E-state index is 14.1. The Kier molecular flexibility index (Phi) is 4.25. The molecule has 1 heterocycles. The van der Waals surface area contributed by atoms with Gasteiger partial charge in [-0.1, -0.05) is 24.3 Å². The van der Waals surface area contributed by atoms with Crippen LogP contribution >= 0.6 is 0 Å². The van der Waals surface area contributed by atoms with E-state index in [-0.39, 0.29) is 10.7 Å². The fourth-order valence-electron chi connectivity index (χ4n) is 3.09. The predicted octanol–water partition coefficient (Wildman–Crippen LogP) is 3.97. The van der Waals surface area contributed by atoms with Crippen molar-refractivity contribution in [2.75, 3.05) is 6.54 Å². The molecule has 5 heteroatoms. The van der Waals surface area contributed by atoms with Crippen molar-refractivity contribution >= 4 is 10.0 Å². The zero-order valence-corrected chi connectivity index (χ0v) is 14.1. The fraction of sp³-hybridized carbons (Fsp3) is 0.333. The molecule has 3 rings (SSSR count). The zero-order chi connectivity index (χ0) is 16.6. The van der Waals surface area contributed by atoms with E-state index in [9.17, 15) is 12.8 Å². The van der Waals surface area contributed by atoms with Gasteiger partial charge in [0.1, 0.15) is 5.82 Å². The van der Waals surface area contributed by atoms with E-state index >= 15 is 0 Å². The molecule has 1 aliphatic heterocycles. The zero-order valence-electron chi connectivity index (χ0n) is 13.3. The molecular formula is C18H20FNO2S. The summed E-state index contributed by atoms with van der Waals surface area (Å²) in [5, 5.41) is 0. The smallest absolute Gasteiger partial charge is 0.207 e. The third-order valence-corrected chi connectivity index (χ3v) is 6.46. The van der Waals surface area contributed by atoms with Crippen molar-refractivity contribution in [3.63, 3.8) is 0 Å². The van der Waals surface area contributed by atoms with E-state index in [1.54, 1.807) is 30.3 Å². The molecule has 0 spiro atoms. The molecule has 2 aromatic rings. The van der Waals surface area contributed by atoms with Crippen LogP contribution in [0.1, 0.15) is 35.6 Å². The Morgan fingerprint density at radius 3 is 2.52 bits per heavy atom. The van der Waals surface area contributed by atoms with Gasteiger partial charge in [-0.2, -0.15) is 4.31 Å². The fourth-order valence-corrected chi connectivity index (χ4v) is 4.85. The van der Waals surface area contributed by atoms with Crippen LogP contribution in [0.4, 0.5) is 4.39 Å². The van der Waals surface area contributed by atoms with Gasteiger partial charge in [0.2, 0.25) is 10.0 Å². The lowest BCUT2D eigenvalue weighted by molar-refractivity contribution is 0.386. The SMILES string of the molecule is Cc1ccc(S(=O)(=O)N2CCC[C@H]2c2ccccc2F)cc1C. The van der Waals surface area contributed by atoms with E-state index in [0.717, 1.165) is 17.5 Å². The minimum atomic E-state index is -3.63. The molecule has 3 nitrogen and oxygen atoms in total. The normalized spacial score (nSPS) is 19.2. The molecule has 1 aliphatic rings. The lowest BCUT2D eigenvalue weighted by Crippen LogP contribution is -2.31. The lowest BCUT2D eigenvalue weighted by Gasteiger charge is -2.25. The van der Waals surface area contributed by atoms with Gasteiger partial charge in [-0.25, -0.2) is 12.8 Å². The Hall–Kier alpha value is -1.72. The largest absolute Gasteiger partial charge is 0.243 e. The number of aryl methyl sites for hydroxylation is 2. The van der Waals surface area contributed by atoms with Crippen molar-refractivity contribution in [1.82, 2.24) is 4.31 Å². The highest BCUT2D eigenvalue weighted by molar-refractivity contribution is 7.89. The van der Waals surface area contributed by atoms with Crippen LogP contribution in [-0.2, 0) is 10.0 Å². The highest BCUT2D eigenvalue weighted by Gasteiger charge is 2.37. The Bertz CT molecular complexity index is 833. The van der Waals surface area contributed by atoms with Gasteiger partial charge in [0.25, 0.3) is 0 Å². The van der Waals surface area contributed by atoms with Crippen LogP contribution in [-0.4, -0.2) is 19.3 Å². The van der Waals surface area contributed by atoms with Crippen molar-refractivity contribution in [2.24, 2.45) is 0 Å². The maximum Gasteiger partial charge on any atom is 0.243 e. The first-order valence-corrected chi connectivity index (χ1v) is 9.19. The lowest BCUT2D eigenvalue weighted by atomic mass is 10.1. The number of rotatable bonds is 3. The van der Waals surface area contributed by atoms with E-state index in [1.807, 2.05) is 19.9 Å². The first kappa shape index (κ1) is 16.1. The summed E-state index contributed by atoms with van der Waals surface area (Å²) in [5.74, 6) is -0.348. The van der Waals surface area contributed by atoms with E-state index in [1.165, 1.54) is 10.4 Å². The van der Waals surface area contributed by atoms with Crippen LogP contribution in [0.2, 0.25) is 0 Å². The van der Waals surface area contributed by atoms with Gasteiger partial charge in [0.15, 0.2) is 0 Å². The Morgan fingerprint density at radius 1 is 1.09 bits per heavy atom. The average molecular weight is 333 g/mol. The molecule has 2 aromatic carbocycles. The number of benzene rings is 2. The molecule has 0 aromatic heterocycles. The van der Waals surface area contributed by atoms with Crippen LogP contribution in [0, 0.1) is 19.7 Å². The Balaban J connectivity index is 2.01. The minimum Gasteiger partial charge on any atom is -0.207 e. The molecule has 0 saturated carbocycles. The summed E-state index contributed by atoms with van der Waals surface area (Å²) >= 11 is 0. The summed E-state index contributed by atoms with van der Waals surface area (Å²) in [6.07, 6.45) is 1.38. The molecule has 1 saturated heterocycles. The Morgan fingerprint density at radius 2 is 1.83 bits per heavy atom. The molecule has 0 radical (unpaired) electrons. The van der Waals surface area contributed by atoms with Gasteiger partial charge in [-0.3, -0.25) is 0 Å². The van der Waals surface area contributed by atoms with E-state index in [0.29, 0.717) is 18.5 Å². The van der Waals surface area contributed by atoms with Crippen LogP contribution in [0.5, 0.6) is 0 Å². The van der Waals surface area contributed by atoms with Crippen molar-refractivity contribution in [2.45, 2.75) is 37.6 Å². The molecule has 1 atom stereocenters. The molecule has 0 N–H and O–H groups in total. The van der Waals surface area contributed by atoms with Gasteiger partial charge >= 0.3 is 0 Å². The van der Waals surface area contributed by atoms with E-state index in [2.05, 4.69) is 0 Å². The standard InChI is InChI=1S/C18H20FNO2S/c1-13-9-10-15(12-14(13)2)23(21,22)20-11-5-8-18(20)16-6-3-4-7-17(16)19/h3-4,6-7,9-10,12,18H,5,8,11H2,1-2H3/t18-/m0/s1. The van der Waals surface area contributed by atoms with Gasteiger partial charge in [-0.05, 0) is 56.0 Å². The van der Waals surface area contributed by atoms with Crippen molar-refractivity contribution in [3.8, 4) is 0 Å². The topological polar surface area (TPSA) is 37.4 Å². The first-order valence-electron chi connectivity index (χ1n) is 7.75. The summed E-state index contributed by atoms with van der Waals surface area (Å²) < 4.78 is 41.5. The average Bonchev–Trinajstić information content (AvgIpc) is 3.00. The molecule has 122 valence electrons. The van der Waals surface area contributed by atoms with Crippen molar-refractivity contribution in [3.05, 3.63) is 65.0 Å². The third-order valence-electron chi connectivity index (χ3n) is 4.55. The van der Waals surface area contributed by atoms with Gasteiger partial charge < -0.3 is 0 Å². The molecule has 0 amide bonds. The molecular weight excluding hydrogens is 313 g/mol. The second-order valence-electron chi connectivity index (χ2n) is 6.04. The Labute approximate surface area is 136 Å². The quantitative estimate of drug-likeness (QED) is 0.852.